The minimum atomic E-state index is 0.0804. The fraction of sp³-hybridized carbons (Fsp3) is 0.737. The number of carbonyl (C=O) groups excluding carboxylic acids is 1. The number of aromatic nitrogens is 2. The largest absolute Gasteiger partial charge is 0.395 e. The molecule has 1 saturated carbocycles. The van der Waals surface area contributed by atoms with E-state index in [9.17, 15) is 4.79 Å². The summed E-state index contributed by atoms with van der Waals surface area (Å²) in [6.45, 7) is 4.38. The maximum absolute atomic E-state index is 12.3. The molecule has 2 saturated heterocycles. The third-order valence-corrected chi connectivity index (χ3v) is 5.98. The highest BCUT2D eigenvalue weighted by Gasteiger charge is 2.43. The summed E-state index contributed by atoms with van der Waals surface area (Å²) in [7, 11) is 0. The topological polar surface area (TPSA) is 81.6 Å². The lowest BCUT2D eigenvalue weighted by Crippen LogP contribution is -2.54. The Morgan fingerprint density at radius 2 is 2.15 bits per heavy atom. The summed E-state index contributed by atoms with van der Waals surface area (Å²) < 4.78 is 0. The second-order valence-corrected chi connectivity index (χ2v) is 8.15. The minimum absolute atomic E-state index is 0.0804. The zero-order valence-corrected chi connectivity index (χ0v) is 15.4. The van der Waals surface area contributed by atoms with Crippen molar-refractivity contribution in [3.05, 3.63) is 12.4 Å². The van der Waals surface area contributed by atoms with Crippen LogP contribution in [0.4, 0.5) is 11.6 Å². The highest BCUT2D eigenvalue weighted by atomic mass is 16.3. The van der Waals surface area contributed by atoms with E-state index in [1.54, 1.807) is 6.33 Å². The van der Waals surface area contributed by atoms with Gasteiger partial charge in [0, 0.05) is 50.6 Å². The number of nitrogens with zero attached hydrogens (tertiary/aromatic N) is 4. The summed E-state index contributed by atoms with van der Waals surface area (Å²) in [6.07, 6.45) is 8.16. The number of likely N-dealkylation sites (tertiary alicyclic amines) is 1. The molecule has 3 fully saturated rings. The molecular formula is C19H29N5O2. The van der Waals surface area contributed by atoms with Gasteiger partial charge in [0.25, 0.3) is 0 Å². The van der Waals surface area contributed by atoms with E-state index in [0.717, 1.165) is 56.6 Å². The van der Waals surface area contributed by atoms with Gasteiger partial charge in [0.15, 0.2) is 0 Å². The Morgan fingerprint density at radius 3 is 2.96 bits per heavy atom. The van der Waals surface area contributed by atoms with Crippen molar-refractivity contribution in [2.75, 3.05) is 49.5 Å². The number of hydrogen-bond acceptors (Lipinski definition) is 6. The van der Waals surface area contributed by atoms with Crippen LogP contribution in [-0.2, 0) is 4.79 Å². The summed E-state index contributed by atoms with van der Waals surface area (Å²) in [5, 5.41) is 12.1. The standard InChI is InChI=1S/C19H29N5O2/c25-9-7-20-16-10-17(22-14-21-16)23-8-1-5-19(12-23)6-4-18(26)24(13-19)11-15-2-3-15/h10,14-15,25H,1-9,11-13H2,(H,20,21,22). The lowest BCUT2D eigenvalue weighted by molar-refractivity contribution is -0.138. The lowest BCUT2D eigenvalue weighted by Gasteiger charge is -2.48. The molecule has 3 aliphatic rings. The molecule has 7 heteroatoms. The first kappa shape index (κ1) is 17.5. The number of aliphatic hydroxyl groups is 1. The van der Waals surface area contributed by atoms with E-state index in [1.807, 2.05) is 6.07 Å². The number of anilines is 2. The highest BCUT2D eigenvalue weighted by Crippen LogP contribution is 2.41. The van der Waals surface area contributed by atoms with Gasteiger partial charge < -0.3 is 20.2 Å². The third kappa shape index (κ3) is 3.92. The lowest BCUT2D eigenvalue weighted by atomic mass is 9.73. The fourth-order valence-electron chi connectivity index (χ4n) is 4.42. The molecule has 4 rings (SSSR count). The maximum atomic E-state index is 12.3. The minimum Gasteiger partial charge on any atom is -0.395 e. The van der Waals surface area contributed by atoms with Gasteiger partial charge in [-0.05, 0) is 38.0 Å². The number of hydrogen-bond donors (Lipinski definition) is 2. The Labute approximate surface area is 154 Å². The smallest absolute Gasteiger partial charge is 0.222 e. The van der Waals surface area contributed by atoms with Crippen molar-refractivity contribution < 1.29 is 9.90 Å². The number of aliphatic hydroxyl groups excluding tert-OH is 1. The highest BCUT2D eigenvalue weighted by molar-refractivity contribution is 5.77. The van der Waals surface area contributed by atoms with Crippen molar-refractivity contribution in [3.63, 3.8) is 0 Å². The van der Waals surface area contributed by atoms with Gasteiger partial charge in [-0.15, -0.1) is 0 Å². The average molecular weight is 359 g/mol. The van der Waals surface area contributed by atoms with Crippen LogP contribution in [0.3, 0.4) is 0 Å². The zero-order chi connectivity index (χ0) is 18.0. The van der Waals surface area contributed by atoms with Crippen LogP contribution in [0.5, 0.6) is 0 Å². The number of carbonyl (C=O) groups is 1. The molecule has 142 valence electrons. The Bertz CT molecular complexity index is 651. The maximum Gasteiger partial charge on any atom is 0.222 e. The monoisotopic (exact) mass is 359 g/mol. The normalized spacial score (nSPS) is 26.4. The molecule has 0 radical (unpaired) electrons. The molecular weight excluding hydrogens is 330 g/mol. The van der Waals surface area contributed by atoms with Gasteiger partial charge in [-0.1, -0.05) is 0 Å². The summed E-state index contributed by atoms with van der Waals surface area (Å²) in [6, 6.07) is 1.96. The fourth-order valence-corrected chi connectivity index (χ4v) is 4.42. The second-order valence-electron chi connectivity index (χ2n) is 8.15. The van der Waals surface area contributed by atoms with Crippen molar-refractivity contribution in [1.82, 2.24) is 14.9 Å². The summed E-state index contributed by atoms with van der Waals surface area (Å²) in [5.74, 6) is 2.77. The van der Waals surface area contributed by atoms with Gasteiger partial charge in [-0.2, -0.15) is 0 Å². The van der Waals surface area contributed by atoms with Crippen LogP contribution < -0.4 is 10.2 Å². The summed E-state index contributed by atoms with van der Waals surface area (Å²) in [4.78, 5) is 25.5. The van der Waals surface area contributed by atoms with E-state index in [4.69, 9.17) is 5.11 Å². The first-order chi connectivity index (χ1) is 12.7. The van der Waals surface area contributed by atoms with Crippen LogP contribution >= 0.6 is 0 Å². The zero-order valence-electron chi connectivity index (χ0n) is 15.4. The Morgan fingerprint density at radius 1 is 1.27 bits per heavy atom. The summed E-state index contributed by atoms with van der Waals surface area (Å²) in [5.41, 5.74) is 0.199. The third-order valence-electron chi connectivity index (χ3n) is 5.98. The molecule has 2 N–H and O–H groups in total. The van der Waals surface area contributed by atoms with Gasteiger partial charge in [0.05, 0.1) is 6.61 Å². The van der Waals surface area contributed by atoms with Crippen molar-refractivity contribution in [2.24, 2.45) is 11.3 Å². The summed E-state index contributed by atoms with van der Waals surface area (Å²) >= 11 is 0. The van der Waals surface area contributed by atoms with Crippen LogP contribution in [0.15, 0.2) is 12.4 Å². The first-order valence-corrected chi connectivity index (χ1v) is 9.87. The van der Waals surface area contributed by atoms with Gasteiger partial charge in [0.2, 0.25) is 5.91 Å². The van der Waals surface area contributed by atoms with Crippen molar-refractivity contribution in [1.29, 1.82) is 0 Å². The molecule has 26 heavy (non-hydrogen) atoms. The first-order valence-electron chi connectivity index (χ1n) is 9.87. The van der Waals surface area contributed by atoms with Crippen molar-refractivity contribution >= 4 is 17.5 Å². The SMILES string of the molecule is O=C1CCC2(CCCN(c3cc(NCCO)ncn3)C2)CN1CC1CC1. The molecule has 1 atom stereocenters. The molecule has 1 unspecified atom stereocenters. The van der Waals surface area contributed by atoms with Crippen LogP contribution in [0.1, 0.15) is 38.5 Å². The van der Waals surface area contributed by atoms with Crippen LogP contribution in [0, 0.1) is 11.3 Å². The Kier molecular flexibility index (Phi) is 4.98. The Balaban J connectivity index is 1.45. The molecule has 1 aliphatic carbocycles. The molecule has 2 aliphatic heterocycles. The van der Waals surface area contributed by atoms with Crippen LogP contribution in [-0.4, -0.2) is 65.2 Å². The average Bonchev–Trinajstić information content (AvgIpc) is 3.48. The number of rotatable bonds is 6. The van der Waals surface area contributed by atoms with Crippen molar-refractivity contribution in [3.8, 4) is 0 Å². The number of amides is 1. The van der Waals surface area contributed by atoms with E-state index < -0.39 is 0 Å². The van der Waals surface area contributed by atoms with E-state index in [1.165, 1.54) is 19.3 Å². The van der Waals surface area contributed by atoms with E-state index in [2.05, 4.69) is 25.1 Å². The molecule has 3 heterocycles. The molecule has 0 aromatic carbocycles. The second kappa shape index (κ2) is 7.39. The van der Waals surface area contributed by atoms with Crippen LogP contribution in [0.2, 0.25) is 0 Å². The van der Waals surface area contributed by atoms with Crippen LogP contribution in [0.25, 0.3) is 0 Å². The predicted molar refractivity (Wildman–Crippen MR) is 100 cm³/mol. The number of piperidine rings is 2. The quantitative estimate of drug-likeness (QED) is 0.801. The predicted octanol–water partition coefficient (Wildman–Crippen LogP) is 1.50. The van der Waals surface area contributed by atoms with E-state index >= 15 is 0 Å². The number of nitrogens with one attached hydrogen (secondary N) is 1. The molecule has 1 amide bonds. The van der Waals surface area contributed by atoms with E-state index in [-0.39, 0.29) is 12.0 Å². The van der Waals surface area contributed by atoms with Gasteiger partial charge >= 0.3 is 0 Å². The van der Waals surface area contributed by atoms with Crippen molar-refractivity contribution in [2.45, 2.75) is 38.5 Å². The molecule has 7 nitrogen and oxygen atoms in total. The van der Waals surface area contributed by atoms with Gasteiger partial charge in [-0.3, -0.25) is 4.79 Å². The Hall–Kier alpha value is -1.89. The molecule has 0 bridgehead atoms. The van der Waals surface area contributed by atoms with E-state index in [0.29, 0.717) is 18.9 Å². The molecule has 1 aromatic rings. The van der Waals surface area contributed by atoms with Gasteiger partial charge in [0.1, 0.15) is 18.0 Å². The molecule has 1 aromatic heterocycles. The molecule has 1 spiro atoms. The van der Waals surface area contributed by atoms with Gasteiger partial charge in [-0.25, -0.2) is 9.97 Å².